The number of carbonyl (C=O) groups excluding carboxylic acids is 1. The van der Waals surface area contributed by atoms with Crippen molar-refractivity contribution in [2.75, 3.05) is 6.61 Å². The van der Waals surface area contributed by atoms with E-state index in [-0.39, 0.29) is 24.7 Å². The van der Waals surface area contributed by atoms with Crippen molar-refractivity contribution in [2.45, 2.75) is 13.5 Å². The van der Waals surface area contributed by atoms with Crippen molar-refractivity contribution < 1.29 is 14.3 Å². The summed E-state index contributed by atoms with van der Waals surface area (Å²) in [6, 6.07) is 17.1. The number of nitrogens with zero attached hydrogens (tertiary/aromatic N) is 2. The van der Waals surface area contributed by atoms with E-state index in [1.807, 2.05) is 6.07 Å². The standard InChI is InChI=1S/C20H17ClN2O4/c1-2-26-20(25)19-17(27-13-14-8-10-15(21)11-9-14)12-18(24)23(22-19)16-6-4-3-5-7-16/h3-12H,2,13H2,1H3. The molecule has 0 aliphatic carbocycles. The normalized spacial score (nSPS) is 10.4. The smallest absolute Gasteiger partial charge is 0.362 e. The van der Waals surface area contributed by atoms with E-state index in [0.29, 0.717) is 10.7 Å². The molecule has 138 valence electrons. The Kier molecular flexibility index (Phi) is 5.88. The fourth-order valence-corrected chi connectivity index (χ4v) is 2.51. The number of hydrogen-bond acceptors (Lipinski definition) is 5. The number of aromatic nitrogens is 2. The zero-order chi connectivity index (χ0) is 19.2. The van der Waals surface area contributed by atoms with Crippen molar-refractivity contribution in [2.24, 2.45) is 0 Å². The number of hydrogen-bond donors (Lipinski definition) is 0. The third kappa shape index (κ3) is 4.54. The van der Waals surface area contributed by atoms with Crippen LogP contribution in [0.2, 0.25) is 5.02 Å². The second-order valence-corrected chi connectivity index (χ2v) is 6.01. The lowest BCUT2D eigenvalue weighted by Gasteiger charge is -2.12. The van der Waals surface area contributed by atoms with Gasteiger partial charge >= 0.3 is 5.97 Å². The van der Waals surface area contributed by atoms with Crippen molar-refractivity contribution >= 4 is 17.6 Å². The van der Waals surface area contributed by atoms with Crippen LogP contribution in [0.3, 0.4) is 0 Å². The van der Waals surface area contributed by atoms with Crippen LogP contribution in [0.25, 0.3) is 5.69 Å². The molecule has 0 bridgehead atoms. The van der Waals surface area contributed by atoms with Gasteiger partial charge < -0.3 is 9.47 Å². The van der Waals surface area contributed by atoms with Gasteiger partial charge in [0.2, 0.25) is 5.69 Å². The number of esters is 1. The van der Waals surface area contributed by atoms with E-state index in [0.717, 1.165) is 10.2 Å². The number of halogens is 1. The predicted octanol–water partition coefficient (Wildman–Crippen LogP) is 3.64. The molecule has 27 heavy (non-hydrogen) atoms. The first kappa shape index (κ1) is 18.7. The molecule has 0 N–H and O–H groups in total. The molecule has 0 spiro atoms. The Bertz CT molecular complexity index is 985. The summed E-state index contributed by atoms with van der Waals surface area (Å²) in [6.07, 6.45) is 0. The topological polar surface area (TPSA) is 70.4 Å². The van der Waals surface area contributed by atoms with Crippen LogP contribution in [0, 0.1) is 0 Å². The first-order valence-electron chi connectivity index (χ1n) is 8.32. The fraction of sp³-hybridized carbons (Fsp3) is 0.150. The van der Waals surface area contributed by atoms with Gasteiger partial charge in [0.05, 0.1) is 18.4 Å². The Balaban J connectivity index is 1.96. The minimum Gasteiger partial charge on any atom is -0.486 e. The zero-order valence-corrected chi connectivity index (χ0v) is 15.3. The highest BCUT2D eigenvalue weighted by molar-refractivity contribution is 6.30. The third-order valence-corrected chi connectivity index (χ3v) is 3.93. The first-order chi connectivity index (χ1) is 13.1. The highest BCUT2D eigenvalue weighted by Crippen LogP contribution is 2.18. The molecule has 0 radical (unpaired) electrons. The molecular formula is C20H17ClN2O4. The summed E-state index contributed by atoms with van der Waals surface area (Å²) >= 11 is 5.87. The van der Waals surface area contributed by atoms with Crippen molar-refractivity contribution in [3.05, 3.63) is 87.3 Å². The Hall–Kier alpha value is -3.12. The van der Waals surface area contributed by atoms with Gasteiger partial charge in [-0.25, -0.2) is 4.79 Å². The van der Waals surface area contributed by atoms with Crippen LogP contribution < -0.4 is 10.3 Å². The van der Waals surface area contributed by atoms with Gasteiger partial charge in [0.15, 0.2) is 5.75 Å². The van der Waals surface area contributed by atoms with Crippen molar-refractivity contribution in [1.29, 1.82) is 0 Å². The molecule has 0 fully saturated rings. The van der Waals surface area contributed by atoms with E-state index < -0.39 is 11.5 Å². The summed E-state index contributed by atoms with van der Waals surface area (Å²) < 4.78 is 11.9. The van der Waals surface area contributed by atoms with Crippen LogP contribution in [0.5, 0.6) is 5.75 Å². The fourth-order valence-electron chi connectivity index (χ4n) is 2.39. The Morgan fingerprint density at radius 2 is 1.81 bits per heavy atom. The highest BCUT2D eigenvalue weighted by Gasteiger charge is 2.19. The molecule has 3 rings (SSSR count). The molecular weight excluding hydrogens is 368 g/mol. The predicted molar refractivity (Wildman–Crippen MR) is 102 cm³/mol. The lowest BCUT2D eigenvalue weighted by Crippen LogP contribution is -2.25. The van der Waals surface area contributed by atoms with Crippen LogP contribution in [-0.2, 0) is 11.3 Å². The summed E-state index contributed by atoms with van der Waals surface area (Å²) in [5.74, 6) is -0.589. The molecule has 0 amide bonds. The second-order valence-electron chi connectivity index (χ2n) is 5.58. The largest absolute Gasteiger partial charge is 0.486 e. The monoisotopic (exact) mass is 384 g/mol. The average molecular weight is 385 g/mol. The van der Waals surface area contributed by atoms with Crippen LogP contribution in [0.15, 0.2) is 65.5 Å². The summed E-state index contributed by atoms with van der Waals surface area (Å²) in [6.45, 7) is 2.03. The zero-order valence-electron chi connectivity index (χ0n) is 14.6. The maximum absolute atomic E-state index is 12.5. The van der Waals surface area contributed by atoms with Gasteiger partial charge in [-0.2, -0.15) is 9.78 Å². The lowest BCUT2D eigenvalue weighted by molar-refractivity contribution is 0.0511. The molecule has 0 unspecified atom stereocenters. The number of rotatable bonds is 6. The van der Waals surface area contributed by atoms with E-state index in [1.54, 1.807) is 55.5 Å². The minimum absolute atomic E-state index is 0.0609. The summed E-state index contributed by atoms with van der Waals surface area (Å²) in [7, 11) is 0. The number of benzene rings is 2. The summed E-state index contributed by atoms with van der Waals surface area (Å²) in [4.78, 5) is 24.8. The highest BCUT2D eigenvalue weighted by atomic mass is 35.5. The molecule has 0 saturated carbocycles. The second kappa shape index (κ2) is 8.51. The number of ether oxygens (including phenoxy) is 2. The van der Waals surface area contributed by atoms with Gasteiger partial charge in [0.25, 0.3) is 5.56 Å². The molecule has 0 atom stereocenters. The van der Waals surface area contributed by atoms with E-state index in [2.05, 4.69) is 5.10 Å². The van der Waals surface area contributed by atoms with Gasteiger partial charge in [-0.3, -0.25) is 4.79 Å². The molecule has 1 aromatic heterocycles. The maximum Gasteiger partial charge on any atom is 0.362 e. The molecule has 3 aromatic rings. The molecule has 0 saturated heterocycles. The Morgan fingerprint density at radius 3 is 2.48 bits per heavy atom. The quantitative estimate of drug-likeness (QED) is 0.607. The minimum atomic E-state index is -0.659. The van der Waals surface area contributed by atoms with Gasteiger partial charge in [-0.15, -0.1) is 0 Å². The molecule has 2 aromatic carbocycles. The lowest BCUT2D eigenvalue weighted by atomic mass is 10.2. The SMILES string of the molecule is CCOC(=O)c1nn(-c2ccccc2)c(=O)cc1OCc1ccc(Cl)cc1. The van der Waals surface area contributed by atoms with Crippen molar-refractivity contribution in [1.82, 2.24) is 9.78 Å². The third-order valence-electron chi connectivity index (χ3n) is 3.67. The van der Waals surface area contributed by atoms with E-state index >= 15 is 0 Å². The molecule has 1 heterocycles. The van der Waals surface area contributed by atoms with E-state index in [1.165, 1.54) is 6.07 Å². The van der Waals surface area contributed by atoms with Crippen LogP contribution in [-0.4, -0.2) is 22.4 Å². The van der Waals surface area contributed by atoms with E-state index in [9.17, 15) is 9.59 Å². The van der Waals surface area contributed by atoms with Gasteiger partial charge in [-0.1, -0.05) is 41.9 Å². The molecule has 0 aliphatic rings. The Morgan fingerprint density at radius 1 is 1.11 bits per heavy atom. The Labute approximate surface area is 160 Å². The number of carbonyl (C=O) groups is 1. The molecule has 6 nitrogen and oxygen atoms in total. The average Bonchev–Trinajstić information content (AvgIpc) is 2.68. The molecule has 7 heteroatoms. The van der Waals surface area contributed by atoms with Gasteiger partial charge in [0.1, 0.15) is 6.61 Å². The molecule has 0 aliphatic heterocycles. The van der Waals surface area contributed by atoms with Crippen molar-refractivity contribution in [3.63, 3.8) is 0 Å². The first-order valence-corrected chi connectivity index (χ1v) is 8.70. The summed E-state index contributed by atoms with van der Waals surface area (Å²) in [5, 5.41) is 4.78. The van der Waals surface area contributed by atoms with Crippen LogP contribution >= 0.6 is 11.6 Å². The van der Waals surface area contributed by atoms with E-state index in [4.69, 9.17) is 21.1 Å². The van der Waals surface area contributed by atoms with Crippen LogP contribution in [0.1, 0.15) is 23.0 Å². The number of para-hydroxylation sites is 1. The maximum atomic E-state index is 12.5. The van der Waals surface area contributed by atoms with Gasteiger partial charge in [0, 0.05) is 5.02 Å². The van der Waals surface area contributed by atoms with Crippen molar-refractivity contribution in [3.8, 4) is 11.4 Å². The summed E-state index contributed by atoms with van der Waals surface area (Å²) in [5.41, 5.74) is 0.897. The van der Waals surface area contributed by atoms with Crippen LogP contribution in [0.4, 0.5) is 0 Å². The van der Waals surface area contributed by atoms with Gasteiger partial charge in [-0.05, 0) is 36.8 Å².